The molecule has 0 atom stereocenters. The zero-order chi connectivity index (χ0) is 20.3. The number of amides is 2. The number of nitrogens with zero attached hydrogens (tertiary/aromatic N) is 1. The molecule has 0 aliphatic rings. The number of anilines is 1. The first-order chi connectivity index (χ1) is 13.3. The van der Waals surface area contributed by atoms with Crippen LogP contribution in [0.15, 0.2) is 59.0 Å². The summed E-state index contributed by atoms with van der Waals surface area (Å²) in [6.07, 6.45) is -4.95. The van der Waals surface area contributed by atoms with Gasteiger partial charge in [0.25, 0.3) is 5.91 Å². The lowest BCUT2D eigenvalue weighted by atomic mass is 10.1. The van der Waals surface area contributed by atoms with Crippen molar-refractivity contribution in [3.63, 3.8) is 0 Å². The van der Waals surface area contributed by atoms with Crippen LogP contribution in [0.1, 0.15) is 22.8 Å². The molecule has 9 heteroatoms. The number of halogens is 3. The molecule has 1 heterocycles. The number of hydrogen-bond acceptors (Lipinski definition) is 4. The van der Waals surface area contributed by atoms with Gasteiger partial charge in [0.15, 0.2) is 0 Å². The largest absolute Gasteiger partial charge is 0.471 e. The summed E-state index contributed by atoms with van der Waals surface area (Å²) < 4.78 is 37.8. The minimum atomic E-state index is -4.95. The summed E-state index contributed by atoms with van der Waals surface area (Å²) in [7, 11) is 0. The fourth-order valence-corrected chi connectivity index (χ4v) is 3.35. The highest BCUT2D eigenvalue weighted by Gasteiger charge is 2.38. The first kappa shape index (κ1) is 19.6. The lowest BCUT2D eigenvalue weighted by molar-refractivity contribution is -0.167. The van der Waals surface area contributed by atoms with Gasteiger partial charge in [-0.05, 0) is 30.7 Å². The van der Waals surface area contributed by atoms with Gasteiger partial charge in [0.1, 0.15) is 0 Å². The second kappa shape index (κ2) is 7.81. The van der Waals surface area contributed by atoms with Crippen LogP contribution in [0.3, 0.4) is 0 Å². The molecule has 0 bridgehead atoms. The normalized spacial score (nSPS) is 12.1. The van der Waals surface area contributed by atoms with E-state index < -0.39 is 12.1 Å². The summed E-state index contributed by atoms with van der Waals surface area (Å²) in [5.41, 5.74) is 4.05. The monoisotopic (exact) mass is 405 g/mol. The first-order valence-corrected chi connectivity index (χ1v) is 8.93. The summed E-state index contributed by atoms with van der Waals surface area (Å²) in [6, 6.07) is 13.2. The number of alkyl halides is 3. The fourth-order valence-electron chi connectivity index (χ4n) is 2.41. The molecule has 0 saturated heterocycles. The molecule has 1 aromatic heterocycles. The highest BCUT2D eigenvalue weighted by molar-refractivity contribution is 7.17. The third-order valence-corrected chi connectivity index (χ3v) is 4.83. The number of carbonyl (C=O) groups is 2. The Morgan fingerprint density at radius 2 is 1.71 bits per heavy atom. The maximum Gasteiger partial charge on any atom is 0.471 e. The standard InChI is InChI=1S/C19H14F3N3O2S/c1-11(12-6-8-13(9-7-12)23-18(27)19(20,21)22)24-25-17(26)15-10-28-16-5-3-2-4-14(15)16/h2-10H,1H3,(H,23,27)(H,25,26)/b24-11-. The zero-order valence-corrected chi connectivity index (χ0v) is 15.3. The van der Waals surface area contributed by atoms with Crippen molar-refractivity contribution in [2.75, 3.05) is 5.32 Å². The number of thiophene rings is 1. The van der Waals surface area contributed by atoms with Crippen LogP contribution in [-0.2, 0) is 4.79 Å². The highest BCUT2D eigenvalue weighted by atomic mass is 32.1. The van der Waals surface area contributed by atoms with Crippen LogP contribution < -0.4 is 10.7 Å². The lowest BCUT2D eigenvalue weighted by Gasteiger charge is -2.08. The van der Waals surface area contributed by atoms with E-state index in [9.17, 15) is 22.8 Å². The number of benzene rings is 2. The molecule has 0 aliphatic carbocycles. The smallest absolute Gasteiger partial charge is 0.318 e. The molecule has 3 rings (SSSR count). The predicted octanol–water partition coefficient (Wildman–Crippen LogP) is 4.56. The molecule has 2 aromatic carbocycles. The molecule has 0 unspecified atom stereocenters. The second-order valence-corrected chi connectivity index (χ2v) is 6.72. The van der Waals surface area contributed by atoms with Crippen molar-refractivity contribution in [2.24, 2.45) is 5.10 Å². The van der Waals surface area contributed by atoms with E-state index in [4.69, 9.17) is 0 Å². The Morgan fingerprint density at radius 3 is 2.39 bits per heavy atom. The van der Waals surface area contributed by atoms with Gasteiger partial charge < -0.3 is 5.32 Å². The number of rotatable bonds is 4. The maximum atomic E-state index is 12.4. The van der Waals surface area contributed by atoms with Crippen LogP contribution in [0.2, 0.25) is 0 Å². The molecule has 3 aromatic rings. The molecule has 0 fully saturated rings. The average molecular weight is 405 g/mol. The molecule has 0 spiro atoms. The molecular formula is C19H14F3N3O2S. The van der Waals surface area contributed by atoms with Crippen LogP contribution in [0.25, 0.3) is 10.1 Å². The molecular weight excluding hydrogens is 391 g/mol. The summed E-state index contributed by atoms with van der Waals surface area (Å²) >= 11 is 1.46. The van der Waals surface area contributed by atoms with Gasteiger partial charge in [-0.2, -0.15) is 18.3 Å². The van der Waals surface area contributed by atoms with Gasteiger partial charge in [-0.3, -0.25) is 9.59 Å². The third kappa shape index (κ3) is 4.37. The van der Waals surface area contributed by atoms with E-state index >= 15 is 0 Å². The molecule has 28 heavy (non-hydrogen) atoms. The van der Waals surface area contributed by atoms with Crippen LogP contribution in [0.5, 0.6) is 0 Å². The van der Waals surface area contributed by atoms with E-state index in [2.05, 4.69) is 10.5 Å². The van der Waals surface area contributed by atoms with E-state index in [1.54, 1.807) is 17.6 Å². The summed E-state index contributed by atoms with van der Waals surface area (Å²) in [4.78, 5) is 23.3. The van der Waals surface area contributed by atoms with Crippen LogP contribution >= 0.6 is 11.3 Å². The van der Waals surface area contributed by atoms with Gasteiger partial charge in [-0.15, -0.1) is 11.3 Å². The Morgan fingerprint density at radius 1 is 1.04 bits per heavy atom. The molecule has 0 radical (unpaired) electrons. The van der Waals surface area contributed by atoms with Crippen molar-refractivity contribution in [3.8, 4) is 0 Å². The number of fused-ring (bicyclic) bond motifs is 1. The lowest BCUT2D eigenvalue weighted by Crippen LogP contribution is -2.29. The van der Waals surface area contributed by atoms with Gasteiger partial charge in [0.05, 0.1) is 11.3 Å². The fraction of sp³-hybridized carbons (Fsp3) is 0.105. The topological polar surface area (TPSA) is 70.6 Å². The Kier molecular flexibility index (Phi) is 5.46. The van der Waals surface area contributed by atoms with Crippen molar-refractivity contribution in [2.45, 2.75) is 13.1 Å². The predicted molar refractivity (Wildman–Crippen MR) is 103 cm³/mol. The minimum absolute atomic E-state index is 0.00709. The van der Waals surface area contributed by atoms with Gasteiger partial charge >= 0.3 is 12.1 Å². The van der Waals surface area contributed by atoms with Crippen molar-refractivity contribution in [1.82, 2.24) is 5.43 Å². The summed E-state index contributed by atoms with van der Waals surface area (Å²) in [5.74, 6) is -2.40. The van der Waals surface area contributed by atoms with Crippen molar-refractivity contribution in [3.05, 3.63) is 65.0 Å². The Hall–Kier alpha value is -3.20. The van der Waals surface area contributed by atoms with Crippen molar-refractivity contribution in [1.29, 1.82) is 0 Å². The quantitative estimate of drug-likeness (QED) is 0.494. The van der Waals surface area contributed by atoms with Crippen molar-refractivity contribution >= 4 is 44.6 Å². The summed E-state index contributed by atoms with van der Waals surface area (Å²) in [6.45, 7) is 1.65. The third-order valence-electron chi connectivity index (χ3n) is 3.87. The van der Waals surface area contributed by atoms with Gasteiger partial charge in [-0.25, -0.2) is 5.43 Å². The Balaban J connectivity index is 1.68. The number of carbonyl (C=O) groups excluding carboxylic acids is 2. The van der Waals surface area contributed by atoms with E-state index in [1.165, 1.54) is 35.6 Å². The number of hydrogen-bond donors (Lipinski definition) is 2. The van der Waals surface area contributed by atoms with E-state index in [0.29, 0.717) is 16.8 Å². The van der Waals surface area contributed by atoms with Gasteiger partial charge in [-0.1, -0.05) is 30.3 Å². The number of nitrogens with one attached hydrogen (secondary N) is 2. The minimum Gasteiger partial charge on any atom is -0.318 e. The van der Waals surface area contributed by atoms with Crippen LogP contribution in [0, 0.1) is 0 Å². The van der Waals surface area contributed by atoms with Gasteiger partial charge in [0.2, 0.25) is 0 Å². The van der Waals surface area contributed by atoms with Gasteiger partial charge in [0, 0.05) is 21.2 Å². The molecule has 5 nitrogen and oxygen atoms in total. The Bertz CT molecular complexity index is 1060. The highest BCUT2D eigenvalue weighted by Crippen LogP contribution is 2.25. The van der Waals surface area contributed by atoms with Crippen LogP contribution in [0.4, 0.5) is 18.9 Å². The van der Waals surface area contributed by atoms with Crippen molar-refractivity contribution < 1.29 is 22.8 Å². The first-order valence-electron chi connectivity index (χ1n) is 8.05. The number of hydrazone groups is 1. The van der Waals surface area contributed by atoms with Crippen LogP contribution in [-0.4, -0.2) is 23.7 Å². The SMILES string of the molecule is C/C(=N/NC(=O)c1csc2ccccc12)c1ccc(NC(=O)C(F)(F)F)cc1. The molecule has 0 saturated carbocycles. The van der Waals surface area contributed by atoms with E-state index in [1.807, 2.05) is 24.3 Å². The molecule has 0 aliphatic heterocycles. The zero-order valence-electron chi connectivity index (χ0n) is 14.5. The second-order valence-electron chi connectivity index (χ2n) is 5.81. The van der Waals surface area contributed by atoms with E-state index in [-0.39, 0.29) is 11.6 Å². The maximum absolute atomic E-state index is 12.4. The summed E-state index contributed by atoms with van der Waals surface area (Å²) in [5, 5.41) is 8.39. The average Bonchev–Trinajstić information content (AvgIpc) is 3.10. The molecule has 2 N–H and O–H groups in total. The molecule has 2 amide bonds. The Labute approximate surface area is 161 Å². The van der Waals surface area contributed by atoms with E-state index in [0.717, 1.165) is 10.1 Å². The molecule has 144 valence electrons.